The van der Waals surface area contributed by atoms with E-state index >= 15 is 0 Å². The third-order valence-corrected chi connectivity index (χ3v) is 6.68. The van der Waals surface area contributed by atoms with Crippen LogP contribution in [0.1, 0.15) is 38.1 Å². The van der Waals surface area contributed by atoms with Gasteiger partial charge in [-0.3, -0.25) is 9.36 Å². The Morgan fingerprint density at radius 3 is 2.65 bits per heavy atom. The fraction of sp³-hybridized carbons (Fsp3) is 0.348. The monoisotopic (exact) mass is 490 g/mol. The van der Waals surface area contributed by atoms with E-state index in [1.54, 1.807) is 18.2 Å². The number of nitrogens with one attached hydrogen (secondary N) is 1. The molecule has 2 aromatic carbocycles. The van der Waals surface area contributed by atoms with Crippen LogP contribution in [0, 0.1) is 5.82 Å². The van der Waals surface area contributed by atoms with Crippen LogP contribution < -0.4 is 14.8 Å². The van der Waals surface area contributed by atoms with Crippen molar-refractivity contribution in [2.24, 2.45) is 0 Å². The summed E-state index contributed by atoms with van der Waals surface area (Å²) in [6.07, 6.45) is 1.42. The minimum absolute atomic E-state index is 0.00667. The Hall–Kier alpha value is -3.21. The van der Waals surface area contributed by atoms with Crippen molar-refractivity contribution in [3.8, 4) is 22.9 Å². The molecule has 11 heteroatoms. The average molecular weight is 491 g/mol. The molecule has 1 aliphatic heterocycles. The summed E-state index contributed by atoms with van der Waals surface area (Å²) >= 11 is 1.19. The Kier molecular flexibility index (Phi) is 6.11. The quantitative estimate of drug-likeness (QED) is 0.451. The molecule has 2 aliphatic rings. The van der Waals surface area contributed by atoms with Crippen molar-refractivity contribution in [2.45, 2.75) is 49.6 Å². The molecule has 1 saturated carbocycles. The van der Waals surface area contributed by atoms with Gasteiger partial charge in [0, 0.05) is 17.8 Å². The van der Waals surface area contributed by atoms with Gasteiger partial charge in [0.1, 0.15) is 5.82 Å². The number of fused-ring (bicyclic) bond motifs is 1. The van der Waals surface area contributed by atoms with Crippen LogP contribution in [0.5, 0.6) is 11.5 Å². The van der Waals surface area contributed by atoms with Crippen LogP contribution in [0.15, 0.2) is 47.6 Å². The number of halogens is 3. The minimum atomic E-state index is -3.72. The first-order valence-electron chi connectivity index (χ1n) is 10.9. The van der Waals surface area contributed by atoms with Crippen LogP contribution in [0.2, 0.25) is 0 Å². The number of hydrogen-bond donors (Lipinski definition) is 1. The number of anilines is 1. The van der Waals surface area contributed by atoms with Crippen molar-refractivity contribution in [1.82, 2.24) is 14.8 Å². The Balaban J connectivity index is 1.32. The minimum Gasteiger partial charge on any atom is -0.395 e. The summed E-state index contributed by atoms with van der Waals surface area (Å²) in [5.41, 5.74) is 0.667. The zero-order valence-electron chi connectivity index (χ0n) is 18.0. The van der Waals surface area contributed by atoms with Gasteiger partial charge in [0.15, 0.2) is 22.5 Å². The normalized spacial score (nSPS) is 17.0. The highest BCUT2D eigenvalue weighted by Gasteiger charge is 2.43. The second-order valence-corrected chi connectivity index (χ2v) is 9.06. The van der Waals surface area contributed by atoms with E-state index in [-0.39, 0.29) is 35.0 Å². The lowest BCUT2D eigenvalue weighted by atomic mass is 9.95. The third kappa shape index (κ3) is 4.70. The number of carbonyl (C=O) groups excluding carboxylic acids is 1. The maximum atomic E-state index is 14.5. The van der Waals surface area contributed by atoms with E-state index in [2.05, 4.69) is 25.0 Å². The molecule has 0 radical (unpaired) electrons. The Morgan fingerprint density at radius 2 is 1.85 bits per heavy atom. The summed E-state index contributed by atoms with van der Waals surface area (Å²) in [5, 5.41) is 11.7. The highest BCUT2D eigenvalue weighted by molar-refractivity contribution is 7.99. The number of amides is 1. The van der Waals surface area contributed by atoms with E-state index in [4.69, 9.17) is 0 Å². The van der Waals surface area contributed by atoms with Crippen molar-refractivity contribution in [3.05, 3.63) is 48.3 Å². The van der Waals surface area contributed by atoms with Crippen molar-refractivity contribution >= 4 is 23.4 Å². The number of thioether (sulfide) groups is 1. The van der Waals surface area contributed by atoms with E-state index in [0.29, 0.717) is 22.2 Å². The molecule has 0 saturated heterocycles. The number of rotatable bonds is 6. The van der Waals surface area contributed by atoms with Crippen LogP contribution in [-0.4, -0.2) is 32.7 Å². The third-order valence-electron chi connectivity index (χ3n) is 5.74. The SMILES string of the molecule is O=C(CSc1nnc(-c2ccccc2F)n1C1CCCCC1)Nc1ccc2c(c1)OC(F)(F)O2. The Labute approximate surface area is 197 Å². The lowest BCUT2D eigenvalue weighted by Crippen LogP contribution is -2.25. The second-order valence-electron chi connectivity index (χ2n) is 8.11. The van der Waals surface area contributed by atoms with Gasteiger partial charge >= 0.3 is 6.29 Å². The first-order chi connectivity index (χ1) is 16.4. The van der Waals surface area contributed by atoms with Gasteiger partial charge in [0.25, 0.3) is 0 Å². The first kappa shape index (κ1) is 22.6. The molecule has 0 unspecified atom stereocenters. The van der Waals surface area contributed by atoms with Crippen LogP contribution >= 0.6 is 11.8 Å². The molecule has 0 spiro atoms. The lowest BCUT2D eigenvalue weighted by Gasteiger charge is -2.25. The molecular weight excluding hydrogens is 469 g/mol. The zero-order chi connectivity index (χ0) is 23.7. The largest absolute Gasteiger partial charge is 0.586 e. The van der Waals surface area contributed by atoms with Gasteiger partial charge in [-0.15, -0.1) is 19.0 Å². The summed E-state index contributed by atoms with van der Waals surface area (Å²) in [4.78, 5) is 12.6. The second kappa shape index (κ2) is 9.21. The maximum Gasteiger partial charge on any atom is 0.586 e. The number of aromatic nitrogens is 3. The summed E-state index contributed by atoms with van der Waals surface area (Å²) in [5.74, 6) is -0.534. The molecule has 0 bridgehead atoms. The van der Waals surface area contributed by atoms with Gasteiger partial charge in [0.05, 0.1) is 11.3 Å². The van der Waals surface area contributed by atoms with Gasteiger partial charge in [-0.05, 0) is 37.1 Å². The number of nitrogens with zero attached hydrogens (tertiary/aromatic N) is 3. The predicted octanol–water partition coefficient (Wildman–Crippen LogP) is 5.64. The van der Waals surface area contributed by atoms with Gasteiger partial charge in [-0.1, -0.05) is 43.2 Å². The molecule has 1 aromatic heterocycles. The van der Waals surface area contributed by atoms with Crippen LogP contribution in [0.4, 0.5) is 18.9 Å². The maximum absolute atomic E-state index is 14.5. The van der Waals surface area contributed by atoms with Crippen molar-refractivity contribution in [1.29, 1.82) is 0 Å². The molecule has 2 heterocycles. The van der Waals surface area contributed by atoms with E-state index in [1.165, 1.54) is 36.0 Å². The van der Waals surface area contributed by atoms with Crippen LogP contribution in [0.3, 0.4) is 0 Å². The van der Waals surface area contributed by atoms with E-state index in [1.807, 2.05) is 4.57 Å². The number of ether oxygens (including phenoxy) is 2. The van der Waals surface area contributed by atoms with Crippen LogP contribution in [0.25, 0.3) is 11.4 Å². The average Bonchev–Trinajstić information content (AvgIpc) is 3.37. The summed E-state index contributed by atoms with van der Waals surface area (Å²) in [6, 6.07) is 10.6. The number of benzene rings is 2. The Morgan fingerprint density at radius 1 is 1.09 bits per heavy atom. The lowest BCUT2D eigenvalue weighted by molar-refractivity contribution is -0.286. The topological polar surface area (TPSA) is 78.3 Å². The molecular formula is C23H21F3N4O3S. The van der Waals surface area contributed by atoms with Crippen LogP contribution in [-0.2, 0) is 4.79 Å². The molecule has 1 amide bonds. The molecule has 1 fully saturated rings. The van der Waals surface area contributed by atoms with Crippen molar-refractivity contribution in [3.63, 3.8) is 0 Å². The summed E-state index contributed by atoms with van der Waals surface area (Å²) in [7, 11) is 0. The number of carbonyl (C=O) groups is 1. The van der Waals surface area contributed by atoms with Crippen molar-refractivity contribution < 1.29 is 27.4 Å². The molecule has 5 rings (SSSR count). The highest BCUT2D eigenvalue weighted by Crippen LogP contribution is 2.42. The molecule has 178 valence electrons. The molecule has 1 aliphatic carbocycles. The van der Waals surface area contributed by atoms with E-state index < -0.39 is 6.29 Å². The summed E-state index contributed by atoms with van der Waals surface area (Å²) < 4.78 is 51.6. The van der Waals surface area contributed by atoms with Gasteiger partial charge in [0.2, 0.25) is 5.91 Å². The first-order valence-corrected chi connectivity index (χ1v) is 11.9. The standard InChI is InChI=1S/C23H21F3N4O3S/c24-17-9-5-4-8-16(17)21-28-29-22(30(21)15-6-2-1-3-7-15)34-13-20(31)27-14-10-11-18-19(12-14)33-23(25,26)32-18/h4-5,8-12,15H,1-3,6-7,13H2,(H,27,31). The zero-order valence-corrected chi connectivity index (χ0v) is 18.8. The van der Waals surface area contributed by atoms with E-state index in [9.17, 15) is 18.0 Å². The van der Waals surface area contributed by atoms with Crippen molar-refractivity contribution in [2.75, 3.05) is 11.1 Å². The molecule has 1 N–H and O–H groups in total. The number of alkyl halides is 2. The summed E-state index contributed by atoms with van der Waals surface area (Å²) in [6.45, 7) is 0. The van der Waals surface area contributed by atoms with Gasteiger partial charge in [-0.2, -0.15) is 0 Å². The highest BCUT2D eigenvalue weighted by atomic mass is 32.2. The fourth-order valence-corrected chi connectivity index (χ4v) is 5.03. The smallest absolute Gasteiger partial charge is 0.395 e. The Bertz CT molecular complexity index is 1210. The van der Waals surface area contributed by atoms with Gasteiger partial charge in [-0.25, -0.2) is 4.39 Å². The molecule has 3 aromatic rings. The molecule has 7 nitrogen and oxygen atoms in total. The molecule has 0 atom stereocenters. The fourth-order valence-electron chi connectivity index (χ4n) is 4.22. The number of hydrogen-bond acceptors (Lipinski definition) is 6. The van der Waals surface area contributed by atoms with Gasteiger partial charge < -0.3 is 14.8 Å². The molecule has 34 heavy (non-hydrogen) atoms. The van der Waals surface area contributed by atoms with E-state index in [0.717, 1.165) is 32.1 Å². The predicted molar refractivity (Wildman–Crippen MR) is 120 cm³/mol.